The van der Waals surface area contributed by atoms with Crippen LogP contribution in [-0.2, 0) is 15.7 Å². The summed E-state index contributed by atoms with van der Waals surface area (Å²) in [6.07, 6.45) is -8.61. The molecule has 0 aliphatic carbocycles. The zero-order valence-electron chi connectivity index (χ0n) is 13.9. The second-order valence-electron chi connectivity index (χ2n) is 6.57. The average Bonchev–Trinajstić information content (AvgIpc) is 2.96. The molecule has 2 aliphatic heterocycles. The molecule has 1 aromatic rings. The van der Waals surface area contributed by atoms with Gasteiger partial charge in [-0.1, -0.05) is 0 Å². The first kappa shape index (κ1) is 19.6. The second kappa shape index (κ2) is 6.80. The smallest absolute Gasteiger partial charge is 0.439 e. The zero-order chi connectivity index (χ0) is 19.9. The number of anilines is 1. The first-order valence-electron chi connectivity index (χ1n) is 8.18. The van der Waals surface area contributed by atoms with Crippen LogP contribution in [0.2, 0.25) is 0 Å². The number of hydrogen-bond acceptors (Lipinski definition) is 6. The molecule has 0 bridgehead atoms. The van der Waals surface area contributed by atoms with Crippen LogP contribution >= 0.6 is 0 Å². The van der Waals surface area contributed by atoms with Gasteiger partial charge in [0.1, 0.15) is 5.82 Å². The van der Waals surface area contributed by atoms with Gasteiger partial charge in [0.15, 0.2) is 6.23 Å². The van der Waals surface area contributed by atoms with Crippen LogP contribution < -0.4 is 10.2 Å². The van der Waals surface area contributed by atoms with E-state index in [2.05, 4.69) is 20.0 Å². The van der Waals surface area contributed by atoms with E-state index in [1.807, 2.05) is 0 Å². The molecule has 27 heavy (non-hydrogen) atoms. The molecule has 150 valence electrons. The van der Waals surface area contributed by atoms with Gasteiger partial charge in [0.25, 0.3) is 0 Å². The monoisotopic (exact) mass is 398 g/mol. The Morgan fingerprint density at radius 1 is 1.19 bits per heavy atom. The minimum absolute atomic E-state index is 0.0990. The van der Waals surface area contributed by atoms with Gasteiger partial charge in [0.05, 0.1) is 0 Å². The molecule has 2 fully saturated rings. The van der Waals surface area contributed by atoms with Crippen molar-refractivity contribution < 1.29 is 35.9 Å². The predicted octanol–water partition coefficient (Wildman–Crippen LogP) is 2.51. The van der Waals surface area contributed by atoms with Gasteiger partial charge in [-0.25, -0.2) is 14.8 Å². The summed E-state index contributed by atoms with van der Waals surface area (Å²) in [7, 11) is 0. The number of hydrogen-bond donors (Lipinski definition) is 1. The van der Waals surface area contributed by atoms with Crippen molar-refractivity contribution in [3.63, 3.8) is 0 Å². The lowest BCUT2D eigenvalue weighted by atomic mass is 9.76. The number of esters is 1. The Hall–Kier alpha value is -2.11. The standard InChI is InChI=1S/C15H16F6N4O2/c16-14(17,18)10-22-5-1-9(24-10)25-7-3-13(4-8-25)2-6-23-11(13)27-12(26)15(19,20)21/h1,5,11,23H,2-4,6-8H2. The molecule has 0 aromatic carbocycles. The van der Waals surface area contributed by atoms with E-state index in [9.17, 15) is 31.1 Å². The second-order valence-corrected chi connectivity index (χ2v) is 6.57. The van der Waals surface area contributed by atoms with Crippen molar-refractivity contribution in [1.82, 2.24) is 15.3 Å². The van der Waals surface area contributed by atoms with E-state index in [1.165, 1.54) is 6.07 Å². The normalized spacial score (nSPS) is 22.9. The first-order valence-corrected chi connectivity index (χ1v) is 8.18. The molecule has 0 amide bonds. The SMILES string of the molecule is O=C(OC1NCCC12CCN(c1ccnc(C(F)(F)F)n1)CC2)C(F)(F)F. The van der Waals surface area contributed by atoms with Crippen molar-refractivity contribution >= 4 is 11.8 Å². The summed E-state index contributed by atoms with van der Waals surface area (Å²) in [4.78, 5) is 19.5. The fourth-order valence-electron chi connectivity index (χ4n) is 3.50. The number of nitrogens with zero attached hydrogens (tertiary/aromatic N) is 3. The van der Waals surface area contributed by atoms with Crippen LogP contribution in [0.3, 0.4) is 0 Å². The van der Waals surface area contributed by atoms with E-state index in [0.29, 0.717) is 25.8 Å². The maximum absolute atomic E-state index is 12.8. The maximum Gasteiger partial charge on any atom is 0.490 e. The van der Waals surface area contributed by atoms with Gasteiger partial charge in [-0.05, 0) is 31.9 Å². The van der Waals surface area contributed by atoms with E-state index in [-0.39, 0.29) is 18.9 Å². The average molecular weight is 398 g/mol. The van der Waals surface area contributed by atoms with E-state index in [4.69, 9.17) is 0 Å². The number of nitrogens with one attached hydrogen (secondary N) is 1. The molecule has 0 saturated carbocycles. The number of alkyl halides is 6. The molecule has 3 rings (SSSR count). The third kappa shape index (κ3) is 4.09. The molecular weight excluding hydrogens is 382 g/mol. The number of rotatable bonds is 2. The molecule has 1 aromatic heterocycles. The van der Waals surface area contributed by atoms with Gasteiger partial charge in [0, 0.05) is 24.7 Å². The number of aromatic nitrogens is 2. The van der Waals surface area contributed by atoms with E-state index >= 15 is 0 Å². The lowest BCUT2D eigenvalue weighted by Gasteiger charge is -2.42. The summed E-state index contributed by atoms with van der Waals surface area (Å²) in [5.74, 6) is -3.41. The highest BCUT2D eigenvalue weighted by Gasteiger charge is 2.51. The van der Waals surface area contributed by atoms with Gasteiger partial charge in [-0.15, -0.1) is 0 Å². The highest BCUT2D eigenvalue weighted by atomic mass is 19.4. The molecule has 12 heteroatoms. The summed E-state index contributed by atoms with van der Waals surface area (Å²) in [6, 6.07) is 1.35. The quantitative estimate of drug-likeness (QED) is 0.610. The van der Waals surface area contributed by atoms with Gasteiger partial charge in [0.2, 0.25) is 5.82 Å². The van der Waals surface area contributed by atoms with Crippen LogP contribution in [0, 0.1) is 5.41 Å². The number of carbonyl (C=O) groups is 1. The lowest BCUT2D eigenvalue weighted by Crippen LogP contribution is -2.49. The third-order valence-corrected chi connectivity index (χ3v) is 4.94. The van der Waals surface area contributed by atoms with Crippen LogP contribution in [0.4, 0.5) is 32.2 Å². The minimum Gasteiger partial charge on any atom is -0.439 e. The largest absolute Gasteiger partial charge is 0.490 e. The molecule has 1 spiro atoms. The van der Waals surface area contributed by atoms with Crippen LogP contribution in [0.5, 0.6) is 0 Å². The topological polar surface area (TPSA) is 67.3 Å². The molecule has 0 radical (unpaired) electrons. The molecule has 1 atom stereocenters. The number of halogens is 6. The Labute approximate surface area is 149 Å². The van der Waals surface area contributed by atoms with Gasteiger partial charge >= 0.3 is 18.3 Å². The molecule has 3 heterocycles. The van der Waals surface area contributed by atoms with Crippen molar-refractivity contribution in [3.05, 3.63) is 18.1 Å². The molecular formula is C15H16F6N4O2. The molecule has 2 saturated heterocycles. The fraction of sp³-hybridized carbons (Fsp3) is 0.667. The molecule has 1 unspecified atom stereocenters. The van der Waals surface area contributed by atoms with Crippen molar-refractivity contribution in [1.29, 1.82) is 0 Å². The Bertz CT molecular complexity index is 700. The predicted molar refractivity (Wildman–Crippen MR) is 79.5 cm³/mol. The maximum atomic E-state index is 12.8. The first-order chi connectivity index (χ1) is 12.5. The molecule has 6 nitrogen and oxygen atoms in total. The Balaban J connectivity index is 1.68. The highest BCUT2D eigenvalue weighted by molar-refractivity contribution is 5.75. The van der Waals surface area contributed by atoms with Crippen LogP contribution in [0.1, 0.15) is 25.1 Å². The molecule has 2 aliphatic rings. The number of carbonyl (C=O) groups excluding carboxylic acids is 1. The van der Waals surface area contributed by atoms with E-state index in [1.54, 1.807) is 4.90 Å². The van der Waals surface area contributed by atoms with E-state index in [0.717, 1.165) is 6.20 Å². The van der Waals surface area contributed by atoms with Crippen molar-refractivity contribution in [2.24, 2.45) is 5.41 Å². The van der Waals surface area contributed by atoms with Gasteiger partial charge in [-0.2, -0.15) is 26.3 Å². The van der Waals surface area contributed by atoms with Crippen LogP contribution in [-0.4, -0.2) is 48.0 Å². The fourth-order valence-corrected chi connectivity index (χ4v) is 3.50. The molecule has 1 N–H and O–H groups in total. The summed E-state index contributed by atoms with van der Waals surface area (Å²) in [5.41, 5.74) is -0.683. The van der Waals surface area contributed by atoms with Crippen molar-refractivity contribution in [2.45, 2.75) is 37.8 Å². The van der Waals surface area contributed by atoms with Crippen molar-refractivity contribution in [3.8, 4) is 0 Å². The van der Waals surface area contributed by atoms with Gasteiger partial charge in [-0.3, -0.25) is 5.32 Å². The summed E-state index contributed by atoms with van der Waals surface area (Å²) in [6.45, 7) is 0.938. The van der Waals surface area contributed by atoms with Crippen LogP contribution in [0.15, 0.2) is 12.3 Å². The third-order valence-electron chi connectivity index (χ3n) is 4.94. The highest BCUT2D eigenvalue weighted by Crippen LogP contribution is 2.43. The zero-order valence-corrected chi connectivity index (χ0v) is 13.9. The van der Waals surface area contributed by atoms with E-state index < -0.39 is 35.8 Å². The Kier molecular flexibility index (Phi) is 4.95. The summed E-state index contributed by atoms with van der Waals surface area (Å²) >= 11 is 0. The summed E-state index contributed by atoms with van der Waals surface area (Å²) in [5, 5.41) is 2.77. The van der Waals surface area contributed by atoms with Crippen LogP contribution in [0.25, 0.3) is 0 Å². The summed E-state index contributed by atoms with van der Waals surface area (Å²) < 4.78 is 80.2. The van der Waals surface area contributed by atoms with Crippen molar-refractivity contribution in [2.75, 3.05) is 24.5 Å². The number of piperidine rings is 1. The Morgan fingerprint density at radius 2 is 1.85 bits per heavy atom. The van der Waals surface area contributed by atoms with Gasteiger partial charge < -0.3 is 9.64 Å². The Morgan fingerprint density at radius 3 is 2.44 bits per heavy atom. The minimum atomic E-state index is -5.08. The lowest BCUT2D eigenvalue weighted by molar-refractivity contribution is -0.211. The number of ether oxygens (including phenoxy) is 1.